The monoisotopic (exact) mass is 304 g/mol. The molecule has 0 atom stereocenters. The van der Waals surface area contributed by atoms with Crippen LogP contribution in [0.25, 0.3) is 11.0 Å². The van der Waals surface area contributed by atoms with Crippen molar-refractivity contribution in [1.29, 1.82) is 0 Å². The van der Waals surface area contributed by atoms with E-state index >= 15 is 0 Å². The molecule has 1 N–H and O–H groups in total. The topological polar surface area (TPSA) is 56.5 Å². The predicted molar refractivity (Wildman–Crippen MR) is 85.6 cm³/mol. The summed E-state index contributed by atoms with van der Waals surface area (Å²) in [7, 11) is 3.25. The van der Waals surface area contributed by atoms with Gasteiger partial charge in [-0.25, -0.2) is 0 Å². The van der Waals surface area contributed by atoms with Gasteiger partial charge in [0.2, 0.25) is 11.3 Å². The fraction of sp³-hybridized carbons (Fsp3) is 0.588. The van der Waals surface area contributed by atoms with Crippen LogP contribution in [0.4, 0.5) is 0 Å². The Hall–Kier alpha value is -1.75. The molecule has 2 heterocycles. The molecule has 0 spiro atoms. The Morgan fingerprint density at radius 3 is 2.77 bits per heavy atom. The number of aromatic nitrogens is 1. The average molecular weight is 304 g/mol. The first-order chi connectivity index (χ1) is 10.8. The van der Waals surface area contributed by atoms with Gasteiger partial charge in [-0.2, -0.15) is 0 Å². The first-order valence-electron chi connectivity index (χ1n) is 8.03. The van der Waals surface area contributed by atoms with Crippen LogP contribution in [0, 0.1) is 5.92 Å². The molecule has 2 aromatic rings. The van der Waals surface area contributed by atoms with E-state index in [1.165, 1.54) is 19.3 Å². The molecule has 0 bridgehead atoms. The number of piperidine rings is 1. The highest BCUT2D eigenvalue weighted by Crippen LogP contribution is 2.37. The van der Waals surface area contributed by atoms with E-state index in [9.17, 15) is 0 Å². The molecule has 5 nitrogen and oxygen atoms in total. The van der Waals surface area contributed by atoms with E-state index in [0.717, 1.165) is 42.9 Å². The van der Waals surface area contributed by atoms with Gasteiger partial charge >= 0.3 is 0 Å². The minimum Gasteiger partial charge on any atom is -0.493 e. The summed E-state index contributed by atoms with van der Waals surface area (Å²) in [6.45, 7) is 2.32. The summed E-state index contributed by atoms with van der Waals surface area (Å²) in [5.74, 6) is 2.15. The predicted octanol–water partition coefficient (Wildman–Crippen LogP) is 3.17. The fourth-order valence-corrected chi connectivity index (χ4v) is 3.28. The molecule has 0 aliphatic carbocycles. The third-order valence-electron chi connectivity index (χ3n) is 4.54. The molecule has 0 saturated carbocycles. The Labute approximate surface area is 130 Å². The average Bonchev–Trinajstić information content (AvgIpc) is 2.98. The van der Waals surface area contributed by atoms with Crippen molar-refractivity contribution in [3.8, 4) is 11.5 Å². The standard InChI is InChI=1S/C17H24N2O3/c1-20-15-7-6-13-14(19-22-16(13)17(15)21-2)5-3-4-12-8-10-18-11-9-12/h6-7,12,18H,3-5,8-11H2,1-2H3. The summed E-state index contributed by atoms with van der Waals surface area (Å²) in [6, 6.07) is 3.92. The van der Waals surface area contributed by atoms with Crippen LogP contribution >= 0.6 is 0 Å². The number of aryl methyl sites for hydroxylation is 1. The summed E-state index contributed by atoms with van der Waals surface area (Å²) >= 11 is 0. The maximum Gasteiger partial charge on any atom is 0.212 e. The van der Waals surface area contributed by atoms with E-state index in [1.54, 1.807) is 14.2 Å². The van der Waals surface area contributed by atoms with Gasteiger partial charge in [0.25, 0.3) is 0 Å². The van der Waals surface area contributed by atoms with Gasteiger partial charge < -0.3 is 19.3 Å². The highest BCUT2D eigenvalue weighted by molar-refractivity contribution is 5.87. The molecule has 1 aromatic heterocycles. The van der Waals surface area contributed by atoms with Gasteiger partial charge in [-0.1, -0.05) is 5.16 Å². The van der Waals surface area contributed by atoms with Gasteiger partial charge in [0, 0.05) is 5.39 Å². The first kappa shape index (κ1) is 15.2. The van der Waals surface area contributed by atoms with Crippen LogP contribution in [0.15, 0.2) is 16.7 Å². The molecule has 3 rings (SSSR count). The Morgan fingerprint density at radius 1 is 1.23 bits per heavy atom. The second-order valence-corrected chi connectivity index (χ2v) is 5.89. The Morgan fingerprint density at radius 2 is 2.05 bits per heavy atom. The third kappa shape index (κ3) is 3.04. The van der Waals surface area contributed by atoms with E-state index in [-0.39, 0.29) is 0 Å². The lowest BCUT2D eigenvalue weighted by Crippen LogP contribution is -2.27. The van der Waals surface area contributed by atoms with Gasteiger partial charge in [-0.3, -0.25) is 0 Å². The van der Waals surface area contributed by atoms with Crippen molar-refractivity contribution in [2.24, 2.45) is 5.92 Å². The van der Waals surface area contributed by atoms with Gasteiger partial charge in [0.05, 0.1) is 19.9 Å². The number of rotatable bonds is 6. The lowest BCUT2D eigenvalue weighted by Gasteiger charge is -2.22. The summed E-state index contributed by atoms with van der Waals surface area (Å²) in [4.78, 5) is 0. The van der Waals surface area contributed by atoms with Crippen LogP contribution in [-0.2, 0) is 6.42 Å². The van der Waals surface area contributed by atoms with Crippen molar-refractivity contribution in [2.75, 3.05) is 27.3 Å². The number of benzene rings is 1. The van der Waals surface area contributed by atoms with Gasteiger partial charge in [0.15, 0.2) is 5.75 Å². The van der Waals surface area contributed by atoms with E-state index < -0.39 is 0 Å². The normalized spacial score (nSPS) is 16.1. The number of fused-ring (bicyclic) bond motifs is 1. The van der Waals surface area contributed by atoms with Crippen molar-refractivity contribution in [1.82, 2.24) is 10.5 Å². The summed E-state index contributed by atoms with van der Waals surface area (Å²) in [6.07, 6.45) is 5.96. The molecular weight excluding hydrogens is 280 g/mol. The van der Waals surface area contributed by atoms with E-state index in [2.05, 4.69) is 10.5 Å². The molecule has 0 amide bonds. The number of nitrogens with zero attached hydrogens (tertiary/aromatic N) is 1. The lowest BCUT2D eigenvalue weighted by molar-refractivity contribution is 0.342. The number of ether oxygens (including phenoxy) is 2. The van der Waals surface area contributed by atoms with Crippen LogP contribution in [0.2, 0.25) is 0 Å². The van der Waals surface area contributed by atoms with Gasteiger partial charge in [0.1, 0.15) is 0 Å². The van der Waals surface area contributed by atoms with E-state index in [4.69, 9.17) is 14.0 Å². The van der Waals surface area contributed by atoms with Crippen LogP contribution in [-0.4, -0.2) is 32.5 Å². The molecule has 1 saturated heterocycles. The molecule has 1 aromatic carbocycles. The van der Waals surface area contributed by atoms with Crippen molar-refractivity contribution >= 4 is 11.0 Å². The smallest absolute Gasteiger partial charge is 0.212 e. The maximum absolute atomic E-state index is 5.49. The molecular formula is C17H24N2O3. The Balaban J connectivity index is 1.69. The SMILES string of the molecule is COc1ccc2c(CCCC3CCNCC3)noc2c1OC. The number of methoxy groups -OCH3 is 2. The number of hydrogen-bond donors (Lipinski definition) is 1. The maximum atomic E-state index is 5.49. The summed E-state index contributed by atoms with van der Waals surface area (Å²) < 4.78 is 16.2. The summed E-state index contributed by atoms with van der Waals surface area (Å²) in [5, 5.41) is 8.68. The minimum atomic E-state index is 0.622. The molecule has 0 radical (unpaired) electrons. The highest BCUT2D eigenvalue weighted by atomic mass is 16.5. The van der Waals surface area contributed by atoms with E-state index in [1.807, 2.05) is 12.1 Å². The van der Waals surface area contributed by atoms with Crippen LogP contribution in [0.1, 0.15) is 31.4 Å². The quantitative estimate of drug-likeness (QED) is 0.888. The zero-order chi connectivity index (χ0) is 15.4. The largest absolute Gasteiger partial charge is 0.493 e. The summed E-state index contributed by atoms with van der Waals surface area (Å²) in [5.41, 5.74) is 1.70. The van der Waals surface area contributed by atoms with Crippen LogP contribution < -0.4 is 14.8 Å². The zero-order valence-electron chi connectivity index (χ0n) is 13.4. The highest BCUT2D eigenvalue weighted by Gasteiger charge is 2.18. The van der Waals surface area contributed by atoms with Crippen molar-refractivity contribution < 1.29 is 14.0 Å². The van der Waals surface area contributed by atoms with Gasteiger partial charge in [-0.15, -0.1) is 0 Å². The molecule has 5 heteroatoms. The molecule has 1 aliphatic rings. The van der Waals surface area contributed by atoms with Crippen molar-refractivity contribution in [3.05, 3.63) is 17.8 Å². The lowest BCUT2D eigenvalue weighted by atomic mass is 9.92. The van der Waals surface area contributed by atoms with Crippen LogP contribution in [0.5, 0.6) is 11.5 Å². The Bertz CT molecular complexity index is 618. The minimum absolute atomic E-state index is 0.622. The second-order valence-electron chi connectivity index (χ2n) is 5.89. The molecule has 22 heavy (non-hydrogen) atoms. The van der Waals surface area contributed by atoms with Crippen molar-refractivity contribution in [2.45, 2.75) is 32.1 Å². The number of hydrogen-bond acceptors (Lipinski definition) is 5. The van der Waals surface area contributed by atoms with Crippen LogP contribution in [0.3, 0.4) is 0 Å². The fourth-order valence-electron chi connectivity index (χ4n) is 3.28. The van der Waals surface area contributed by atoms with Gasteiger partial charge in [-0.05, 0) is 63.2 Å². The second kappa shape index (κ2) is 7.01. The van der Waals surface area contributed by atoms with E-state index in [0.29, 0.717) is 17.1 Å². The third-order valence-corrected chi connectivity index (χ3v) is 4.54. The molecule has 120 valence electrons. The molecule has 0 unspecified atom stereocenters. The Kier molecular flexibility index (Phi) is 4.83. The zero-order valence-corrected chi connectivity index (χ0v) is 13.4. The first-order valence-corrected chi connectivity index (χ1v) is 8.03. The molecule has 1 aliphatic heterocycles. The number of nitrogens with one attached hydrogen (secondary N) is 1. The molecule has 1 fully saturated rings. The van der Waals surface area contributed by atoms with Crippen molar-refractivity contribution in [3.63, 3.8) is 0 Å².